The van der Waals surface area contributed by atoms with E-state index < -0.39 is 5.56 Å². The van der Waals surface area contributed by atoms with Gasteiger partial charge in [-0.25, -0.2) is 4.98 Å². The smallest absolute Gasteiger partial charge is 0.285 e. The van der Waals surface area contributed by atoms with Crippen LogP contribution >= 0.6 is 0 Å². The maximum atomic E-state index is 12.4. The number of hydrogen-bond donors (Lipinski definition) is 2. The average molecular weight is 337 g/mol. The van der Waals surface area contributed by atoms with Crippen molar-refractivity contribution in [1.29, 1.82) is 0 Å². The van der Waals surface area contributed by atoms with Crippen LogP contribution in [0.2, 0.25) is 0 Å². The van der Waals surface area contributed by atoms with E-state index in [-0.39, 0.29) is 17.1 Å². The van der Waals surface area contributed by atoms with E-state index in [1.165, 1.54) is 12.3 Å². The zero-order chi connectivity index (χ0) is 18.2. The van der Waals surface area contributed by atoms with Crippen LogP contribution in [0, 0.1) is 0 Å². The third kappa shape index (κ3) is 3.38. The van der Waals surface area contributed by atoms with Gasteiger partial charge in [-0.05, 0) is 56.2 Å². The lowest BCUT2D eigenvalue weighted by Crippen LogP contribution is -2.40. The Bertz CT molecular complexity index is 1020. The molecule has 128 valence electrons. The molecule has 6 nitrogen and oxygen atoms in total. The average Bonchev–Trinajstić information content (AvgIpc) is 2.57. The molecular formula is C19H19N3O3. The Hall–Kier alpha value is -3.15. The number of nitrogens with one attached hydrogen (secondary N) is 1. The van der Waals surface area contributed by atoms with Gasteiger partial charge in [0.05, 0.1) is 0 Å². The molecule has 0 aliphatic rings. The van der Waals surface area contributed by atoms with Crippen LogP contribution in [0.15, 0.2) is 53.5 Å². The van der Waals surface area contributed by atoms with Crippen LogP contribution in [0.4, 0.5) is 0 Å². The highest BCUT2D eigenvalue weighted by Crippen LogP contribution is 2.26. The molecule has 0 saturated heterocycles. The molecule has 0 aliphatic carbocycles. The van der Waals surface area contributed by atoms with Crippen LogP contribution in [-0.2, 0) is 0 Å². The fourth-order valence-electron chi connectivity index (χ4n) is 2.62. The predicted molar refractivity (Wildman–Crippen MR) is 95.8 cm³/mol. The largest absolute Gasteiger partial charge is 0.423 e. The van der Waals surface area contributed by atoms with E-state index in [9.17, 15) is 14.8 Å². The van der Waals surface area contributed by atoms with Crippen molar-refractivity contribution in [2.45, 2.75) is 26.3 Å². The van der Waals surface area contributed by atoms with Crippen molar-refractivity contribution in [3.05, 3.63) is 64.6 Å². The number of nitrogens with zero attached hydrogens (tertiary/aromatic N) is 2. The SMILES string of the molecule is CC(C)(C)NC(=O)c1cccc(-c2cc(=O)n(O)c3ncccc23)c1. The molecule has 0 unspecified atom stereocenters. The van der Waals surface area contributed by atoms with Gasteiger partial charge in [-0.2, -0.15) is 0 Å². The maximum absolute atomic E-state index is 12.4. The molecule has 2 heterocycles. The fraction of sp³-hybridized carbons (Fsp3) is 0.211. The Morgan fingerprint density at radius 1 is 1.16 bits per heavy atom. The van der Waals surface area contributed by atoms with Crippen LogP contribution in [0.25, 0.3) is 22.2 Å². The van der Waals surface area contributed by atoms with Gasteiger partial charge >= 0.3 is 0 Å². The number of carbonyl (C=O) groups is 1. The fourth-order valence-corrected chi connectivity index (χ4v) is 2.62. The highest BCUT2D eigenvalue weighted by Gasteiger charge is 2.17. The summed E-state index contributed by atoms with van der Waals surface area (Å²) in [5.41, 5.74) is 1.07. The Morgan fingerprint density at radius 2 is 1.92 bits per heavy atom. The zero-order valence-electron chi connectivity index (χ0n) is 14.3. The highest BCUT2D eigenvalue weighted by atomic mass is 16.5. The van der Waals surface area contributed by atoms with Gasteiger partial charge < -0.3 is 10.5 Å². The van der Waals surface area contributed by atoms with Gasteiger partial charge in [0, 0.05) is 28.8 Å². The standard InChI is InChI=1S/C19H19N3O3/c1-19(2,3)21-18(24)13-7-4-6-12(10-13)15-11-16(23)22(25)17-14(15)8-5-9-20-17/h4-11,25H,1-3H3,(H,21,24). The van der Waals surface area contributed by atoms with Crippen LogP contribution in [0.5, 0.6) is 0 Å². The molecule has 0 radical (unpaired) electrons. The third-order valence-corrected chi connectivity index (χ3v) is 3.68. The number of fused-ring (bicyclic) bond motifs is 1. The Morgan fingerprint density at radius 3 is 2.64 bits per heavy atom. The number of amides is 1. The number of aromatic nitrogens is 2. The second-order valence-corrected chi connectivity index (χ2v) is 6.87. The van der Waals surface area contributed by atoms with E-state index in [2.05, 4.69) is 10.3 Å². The minimum atomic E-state index is -0.578. The number of rotatable bonds is 2. The van der Waals surface area contributed by atoms with Crippen LogP contribution in [0.1, 0.15) is 31.1 Å². The molecule has 1 aromatic carbocycles. The molecule has 3 aromatic rings. The zero-order valence-corrected chi connectivity index (χ0v) is 14.3. The molecule has 0 saturated carbocycles. The summed E-state index contributed by atoms with van der Waals surface area (Å²) in [6, 6.07) is 11.9. The Balaban J connectivity index is 2.14. The second-order valence-electron chi connectivity index (χ2n) is 6.87. The molecule has 0 atom stereocenters. The first-order valence-electron chi connectivity index (χ1n) is 7.89. The van der Waals surface area contributed by atoms with Gasteiger partial charge in [0.15, 0.2) is 5.65 Å². The minimum absolute atomic E-state index is 0.176. The molecule has 6 heteroatoms. The monoisotopic (exact) mass is 337 g/mol. The molecule has 2 N–H and O–H groups in total. The normalized spacial score (nSPS) is 11.5. The molecule has 1 amide bonds. The number of hydrogen-bond acceptors (Lipinski definition) is 4. The summed E-state index contributed by atoms with van der Waals surface area (Å²) >= 11 is 0. The second kappa shape index (κ2) is 6.05. The van der Waals surface area contributed by atoms with Crippen molar-refractivity contribution in [2.75, 3.05) is 0 Å². The van der Waals surface area contributed by atoms with E-state index in [0.717, 1.165) is 0 Å². The summed E-state index contributed by atoms with van der Waals surface area (Å²) in [5, 5.41) is 13.4. The Kier molecular flexibility index (Phi) is 4.04. The van der Waals surface area contributed by atoms with E-state index in [4.69, 9.17) is 0 Å². The molecule has 0 aliphatic heterocycles. The predicted octanol–water partition coefficient (Wildman–Crippen LogP) is 2.83. The topological polar surface area (TPSA) is 84.2 Å². The lowest BCUT2D eigenvalue weighted by Gasteiger charge is -2.20. The van der Waals surface area contributed by atoms with Crippen LogP contribution < -0.4 is 10.9 Å². The summed E-state index contributed by atoms with van der Waals surface area (Å²) in [4.78, 5) is 28.5. The van der Waals surface area contributed by atoms with Crippen molar-refractivity contribution < 1.29 is 10.0 Å². The first-order chi connectivity index (χ1) is 11.8. The minimum Gasteiger partial charge on any atom is -0.423 e. The molecular weight excluding hydrogens is 318 g/mol. The summed E-state index contributed by atoms with van der Waals surface area (Å²) in [6.45, 7) is 5.73. The molecule has 25 heavy (non-hydrogen) atoms. The van der Waals surface area contributed by atoms with Gasteiger partial charge in [-0.3, -0.25) is 9.59 Å². The maximum Gasteiger partial charge on any atom is 0.285 e. The van der Waals surface area contributed by atoms with E-state index in [0.29, 0.717) is 26.8 Å². The van der Waals surface area contributed by atoms with Gasteiger partial charge in [-0.1, -0.05) is 12.1 Å². The van der Waals surface area contributed by atoms with Gasteiger partial charge in [0.2, 0.25) is 0 Å². The number of carbonyl (C=O) groups excluding carboxylic acids is 1. The quantitative estimate of drug-likeness (QED) is 0.704. The molecule has 0 spiro atoms. The van der Waals surface area contributed by atoms with Crippen molar-refractivity contribution >= 4 is 16.9 Å². The molecule has 0 bridgehead atoms. The van der Waals surface area contributed by atoms with E-state index >= 15 is 0 Å². The van der Waals surface area contributed by atoms with Crippen molar-refractivity contribution in [3.8, 4) is 11.1 Å². The first kappa shape index (κ1) is 16.7. The van der Waals surface area contributed by atoms with Crippen LogP contribution in [0.3, 0.4) is 0 Å². The highest BCUT2D eigenvalue weighted by molar-refractivity contribution is 5.98. The first-order valence-corrected chi connectivity index (χ1v) is 7.89. The Labute approximate surface area is 144 Å². The van der Waals surface area contributed by atoms with Gasteiger partial charge in [0.25, 0.3) is 11.5 Å². The summed E-state index contributed by atoms with van der Waals surface area (Å²) in [5.74, 6) is -0.188. The summed E-state index contributed by atoms with van der Waals surface area (Å²) in [6.07, 6.45) is 1.51. The third-order valence-electron chi connectivity index (χ3n) is 3.68. The van der Waals surface area contributed by atoms with Crippen molar-refractivity contribution in [3.63, 3.8) is 0 Å². The van der Waals surface area contributed by atoms with Crippen LogP contribution in [-0.4, -0.2) is 26.4 Å². The summed E-state index contributed by atoms with van der Waals surface area (Å²) in [7, 11) is 0. The lowest BCUT2D eigenvalue weighted by molar-refractivity contribution is 0.0919. The lowest BCUT2D eigenvalue weighted by atomic mass is 10.00. The molecule has 0 fully saturated rings. The van der Waals surface area contributed by atoms with Gasteiger partial charge in [0.1, 0.15) is 0 Å². The number of pyridine rings is 2. The van der Waals surface area contributed by atoms with Crippen molar-refractivity contribution in [2.24, 2.45) is 0 Å². The van der Waals surface area contributed by atoms with E-state index in [1.807, 2.05) is 26.8 Å². The van der Waals surface area contributed by atoms with Crippen molar-refractivity contribution in [1.82, 2.24) is 15.0 Å². The number of benzene rings is 1. The van der Waals surface area contributed by atoms with E-state index in [1.54, 1.807) is 30.3 Å². The molecule has 3 rings (SSSR count). The van der Waals surface area contributed by atoms with Gasteiger partial charge in [-0.15, -0.1) is 4.73 Å². The molecule has 2 aromatic heterocycles. The summed E-state index contributed by atoms with van der Waals surface area (Å²) < 4.78 is 0.523.